The number of nitrogens with one attached hydrogen (secondary N) is 2. The van der Waals surface area contributed by atoms with E-state index >= 15 is 0 Å². The summed E-state index contributed by atoms with van der Waals surface area (Å²) in [4.78, 5) is 11.8. The highest BCUT2D eigenvalue weighted by atomic mass is 35.5. The van der Waals surface area contributed by atoms with Crippen LogP contribution in [-0.4, -0.2) is 12.5 Å². The Morgan fingerprint density at radius 3 is 3.00 bits per heavy atom. The smallest absolute Gasteiger partial charge is 0.246 e. The fraction of sp³-hybridized carbons (Fsp3) is 0.417. The van der Waals surface area contributed by atoms with Crippen LogP contribution in [-0.2, 0) is 4.79 Å². The van der Waals surface area contributed by atoms with Crippen molar-refractivity contribution in [3.63, 3.8) is 0 Å². The molecule has 1 amide bonds. The number of benzene rings is 1. The Kier molecular flexibility index (Phi) is 2.37. The van der Waals surface area contributed by atoms with Gasteiger partial charge in [0.1, 0.15) is 6.04 Å². The molecular formula is C12H13ClN2O. The van der Waals surface area contributed by atoms with E-state index in [0.717, 1.165) is 23.7 Å². The lowest BCUT2D eigenvalue weighted by atomic mass is 10.1. The summed E-state index contributed by atoms with van der Waals surface area (Å²) in [7, 11) is 0. The summed E-state index contributed by atoms with van der Waals surface area (Å²) in [6.07, 6.45) is 2.56. The molecule has 0 spiro atoms. The lowest BCUT2D eigenvalue weighted by Gasteiger charge is -2.10. The molecule has 1 aliphatic carbocycles. The second kappa shape index (κ2) is 3.75. The second-order valence-electron chi connectivity index (χ2n) is 4.48. The Balaban J connectivity index is 1.83. The molecule has 84 valence electrons. The van der Waals surface area contributed by atoms with Gasteiger partial charge < -0.3 is 10.6 Å². The maximum absolute atomic E-state index is 11.8. The van der Waals surface area contributed by atoms with Gasteiger partial charge in [-0.3, -0.25) is 4.79 Å². The summed E-state index contributed by atoms with van der Waals surface area (Å²) in [5.74, 6) is 0.764. The number of para-hydroxylation sites is 1. The van der Waals surface area contributed by atoms with Crippen LogP contribution in [0.5, 0.6) is 0 Å². The largest absolute Gasteiger partial charge is 0.323 e. The van der Waals surface area contributed by atoms with Crippen molar-refractivity contribution >= 4 is 23.2 Å². The molecule has 3 rings (SSSR count). The molecule has 0 aromatic heterocycles. The maximum Gasteiger partial charge on any atom is 0.246 e. The molecule has 16 heavy (non-hydrogen) atoms. The minimum Gasteiger partial charge on any atom is -0.323 e. The average molecular weight is 237 g/mol. The van der Waals surface area contributed by atoms with Crippen LogP contribution in [0.4, 0.5) is 5.69 Å². The summed E-state index contributed by atoms with van der Waals surface area (Å²) in [6, 6.07) is 5.40. The van der Waals surface area contributed by atoms with Crippen LogP contribution in [0.3, 0.4) is 0 Å². The average Bonchev–Trinajstić information content (AvgIpc) is 3.02. The van der Waals surface area contributed by atoms with Gasteiger partial charge in [0, 0.05) is 5.56 Å². The zero-order valence-electron chi connectivity index (χ0n) is 8.79. The van der Waals surface area contributed by atoms with Crippen molar-refractivity contribution in [2.45, 2.75) is 18.9 Å². The van der Waals surface area contributed by atoms with Crippen molar-refractivity contribution in [1.82, 2.24) is 5.32 Å². The van der Waals surface area contributed by atoms with Gasteiger partial charge >= 0.3 is 0 Å². The van der Waals surface area contributed by atoms with Gasteiger partial charge in [0.25, 0.3) is 0 Å². The molecule has 1 aliphatic heterocycles. The molecule has 4 heteroatoms. The van der Waals surface area contributed by atoms with E-state index in [1.807, 2.05) is 12.1 Å². The van der Waals surface area contributed by atoms with E-state index in [1.165, 1.54) is 12.8 Å². The van der Waals surface area contributed by atoms with Gasteiger partial charge in [-0.05, 0) is 31.4 Å². The van der Waals surface area contributed by atoms with E-state index in [2.05, 4.69) is 10.6 Å². The first-order chi connectivity index (χ1) is 7.75. The van der Waals surface area contributed by atoms with E-state index in [-0.39, 0.29) is 11.9 Å². The van der Waals surface area contributed by atoms with Crippen LogP contribution < -0.4 is 10.6 Å². The lowest BCUT2D eigenvalue weighted by Crippen LogP contribution is -2.29. The van der Waals surface area contributed by atoms with Gasteiger partial charge in [-0.1, -0.05) is 23.7 Å². The Hall–Kier alpha value is -1.06. The Morgan fingerprint density at radius 1 is 1.44 bits per heavy atom. The van der Waals surface area contributed by atoms with Crippen LogP contribution in [0, 0.1) is 5.92 Å². The Morgan fingerprint density at radius 2 is 2.25 bits per heavy atom. The van der Waals surface area contributed by atoms with Crippen molar-refractivity contribution in [2.24, 2.45) is 5.92 Å². The summed E-state index contributed by atoms with van der Waals surface area (Å²) in [5, 5.41) is 6.75. The fourth-order valence-corrected chi connectivity index (χ4v) is 2.29. The molecule has 0 bridgehead atoms. The zero-order valence-corrected chi connectivity index (χ0v) is 9.55. The first-order valence-corrected chi connectivity index (χ1v) is 5.96. The molecule has 2 aliphatic rings. The topological polar surface area (TPSA) is 41.1 Å². The molecule has 1 heterocycles. The third-order valence-electron chi connectivity index (χ3n) is 3.17. The third kappa shape index (κ3) is 1.70. The number of hydrogen-bond acceptors (Lipinski definition) is 2. The van der Waals surface area contributed by atoms with E-state index in [9.17, 15) is 4.79 Å². The van der Waals surface area contributed by atoms with Gasteiger partial charge in [0.15, 0.2) is 0 Å². The first kappa shape index (κ1) is 10.1. The summed E-state index contributed by atoms with van der Waals surface area (Å²) < 4.78 is 0. The number of carbonyl (C=O) groups excluding carboxylic acids is 1. The molecule has 3 nitrogen and oxygen atoms in total. The van der Waals surface area contributed by atoms with Crippen molar-refractivity contribution in [3.8, 4) is 0 Å². The quantitative estimate of drug-likeness (QED) is 0.846. The Bertz CT molecular complexity index is 443. The SMILES string of the molecule is O=C1Nc2c(Cl)cccc2C1NCC1CC1. The van der Waals surface area contributed by atoms with Crippen LogP contribution >= 0.6 is 11.6 Å². The predicted molar refractivity (Wildman–Crippen MR) is 63.5 cm³/mol. The molecule has 0 saturated heterocycles. The standard InChI is InChI=1S/C12H13ClN2O/c13-9-3-1-2-8-10(9)15-12(16)11(8)14-6-7-4-5-7/h1-3,7,11,14H,4-6H2,(H,15,16). The predicted octanol–water partition coefficient (Wildman–Crippen LogP) is 2.33. The minimum absolute atomic E-state index is 0.00347. The van der Waals surface area contributed by atoms with Crippen LogP contribution in [0.2, 0.25) is 5.02 Å². The second-order valence-corrected chi connectivity index (χ2v) is 4.89. The van der Waals surface area contributed by atoms with Crippen molar-refractivity contribution in [2.75, 3.05) is 11.9 Å². The van der Waals surface area contributed by atoms with E-state index < -0.39 is 0 Å². The summed E-state index contributed by atoms with van der Waals surface area (Å²) in [5.41, 5.74) is 1.74. The van der Waals surface area contributed by atoms with Crippen molar-refractivity contribution < 1.29 is 4.79 Å². The molecule has 1 saturated carbocycles. The van der Waals surface area contributed by atoms with E-state index in [4.69, 9.17) is 11.6 Å². The molecule has 1 aromatic rings. The number of carbonyl (C=O) groups is 1. The molecular weight excluding hydrogens is 224 g/mol. The Labute approximate surface area is 99.2 Å². The van der Waals surface area contributed by atoms with Gasteiger partial charge in [-0.15, -0.1) is 0 Å². The number of fused-ring (bicyclic) bond motifs is 1. The van der Waals surface area contributed by atoms with Gasteiger partial charge in [-0.2, -0.15) is 0 Å². The zero-order chi connectivity index (χ0) is 11.1. The van der Waals surface area contributed by atoms with Crippen LogP contribution in [0.15, 0.2) is 18.2 Å². The van der Waals surface area contributed by atoms with Crippen LogP contribution in [0.25, 0.3) is 0 Å². The minimum atomic E-state index is -0.228. The lowest BCUT2D eigenvalue weighted by molar-refractivity contribution is -0.117. The monoisotopic (exact) mass is 236 g/mol. The normalized spacial score (nSPS) is 23.1. The fourth-order valence-electron chi connectivity index (χ4n) is 2.06. The van der Waals surface area contributed by atoms with Gasteiger partial charge in [0.05, 0.1) is 10.7 Å². The van der Waals surface area contributed by atoms with Crippen LogP contribution in [0.1, 0.15) is 24.4 Å². The number of halogens is 1. The van der Waals surface area contributed by atoms with E-state index in [1.54, 1.807) is 6.07 Å². The van der Waals surface area contributed by atoms with Crippen molar-refractivity contribution in [3.05, 3.63) is 28.8 Å². The molecule has 1 atom stereocenters. The van der Waals surface area contributed by atoms with Crippen molar-refractivity contribution in [1.29, 1.82) is 0 Å². The molecule has 0 radical (unpaired) electrons. The number of amides is 1. The molecule has 1 unspecified atom stereocenters. The maximum atomic E-state index is 11.8. The molecule has 2 N–H and O–H groups in total. The first-order valence-electron chi connectivity index (χ1n) is 5.58. The number of rotatable bonds is 3. The van der Waals surface area contributed by atoms with Gasteiger partial charge in [0.2, 0.25) is 5.91 Å². The number of anilines is 1. The van der Waals surface area contributed by atoms with E-state index in [0.29, 0.717) is 5.02 Å². The number of hydrogen-bond donors (Lipinski definition) is 2. The third-order valence-corrected chi connectivity index (χ3v) is 3.49. The molecule has 1 fully saturated rings. The molecule has 1 aromatic carbocycles. The highest BCUT2D eigenvalue weighted by Gasteiger charge is 2.33. The summed E-state index contributed by atoms with van der Waals surface area (Å²) >= 11 is 6.03. The highest BCUT2D eigenvalue weighted by molar-refractivity contribution is 6.34. The summed E-state index contributed by atoms with van der Waals surface area (Å²) in [6.45, 7) is 0.921. The highest BCUT2D eigenvalue weighted by Crippen LogP contribution is 2.37. The van der Waals surface area contributed by atoms with Gasteiger partial charge in [-0.25, -0.2) is 0 Å².